The van der Waals surface area contributed by atoms with Gasteiger partial charge >= 0.3 is 0 Å². The number of carbonyl (C=O) groups excluding carboxylic acids is 1. The minimum Gasteiger partial charge on any atom is -0.355 e. The second-order valence-corrected chi connectivity index (χ2v) is 7.56. The summed E-state index contributed by atoms with van der Waals surface area (Å²) < 4.78 is 0. The maximum atomic E-state index is 12.8. The van der Waals surface area contributed by atoms with Crippen LogP contribution in [0.1, 0.15) is 29.9 Å². The van der Waals surface area contributed by atoms with Crippen molar-refractivity contribution in [1.82, 2.24) is 10.3 Å². The molecule has 2 N–H and O–H groups in total. The van der Waals surface area contributed by atoms with Crippen molar-refractivity contribution >= 4 is 28.4 Å². The maximum Gasteiger partial charge on any atom is 0.251 e. The van der Waals surface area contributed by atoms with Gasteiger partial charge < -0.3 is 10.3 Å². The summed E-state index contributed by atoms with van der Waals surface area (Å²) in [6.45, 7) is 0.442. The lowest BCUT2D eigenvalue weighted by Crippen LogP contribution is -2.32. The number of aromatic nitrogens is 1. The van der Waals surface area contributed by atoms with Crippen molar-refractivity contribution < 1.29 is 4.79 Å². The molecule has 3 aromatic rings. The molecular weight excluding hydrogens is 360 g/mol. The van der Waals surface area contributed by atoms with E-state index in [4.69, 9.17) is 11.6 Å². The highest BCUT2D eigenvalue weighted by molar-refractivity contribution is 6.30. The van der Waals surface area contributed by atoms with Crippen molar-refractivity contribution in [1.29, 1.82) is 0 Å². The number of H-pyrrole nitrogens is 1. The summed E-state index contributed by atoms with van der Waals surface area (Å²) in [6, 6.07) is 17.1. The zero-order valence-electron chi connectivity index (χ0n) is 14.9. The van der Waals surface area contributed by atoms with Gasteiger partial charge in [-0.2, -0.15) is 0 Å². The third-order valence-electron chi connectivity index (χ3n) is 5.13. The Morgan fingerprint density at radius 1 is 1.15 bits per heavy atom. The van der Waals surface area contributed by atoms with Crippen LogP contribution in [-0.2, 0) is 11.2 Å². The van der Waals surface area contributed by atoms with E-state index in [1.165, 1.54) is 0 Å². The van der Waals surface area contributed by atoms with Crippen LogP contribution in [-0.4, -0.2) is 17.4 Å². The van der Waals surface area contributed by atoms with Crippen LogP contribution in [0.3, 0.4) is 0 Å². The molecule has 27 heavy (non-hydrogen) atoms. The van der Waals surface area contributed by atoms with Gasteiger partial charge in [-0.05, 0) is 60.4 Å². The molecule has 4 nitrogen and oxygen atoms in total. The van der Waals surface area contributed by atoms with Gasteiger partial charge in [-0.15, -0.1) is 0 Å². The summed E-state index contributed by atoms with van der Waals surface area (Å²) >= 11 is 5.97. The average Bonchev–Trinajstić information content (AvgIpc) is 3.49. The maximum absolute atomic E-state index is 12.8. The summed E-state index contributed by atoms with van der Waals surface area (Å²) in [7, 11) is 0. The molecule has 1 amide bonds. The number of rotatable bonds is 6. The van der Waals surface area contributed by atoms with Gasteiger partial charge in [0.2, 0.25) is 5.91 Å². The van der Waals surface area contributed by atoms with Crippen LogP contribution >= 0.6 is 11.6 Å². The highest BCUT2D eigenvalue weighted by Gasteiger charge is 2.37. The lowest BCUT2D eigenvalue weighted by Gasteiger charge is -2.17. The van der Waals surface area contributed by atoms with E-state index >= 15 is 0 Å². The van der Waals surface area contributed by atoms with Gasteiger partial charge in [0.15, 0.2) is 0 Å². The summed E-state index contributed by atoms with van der Waals surface area (Å²) in [6.07, 6.45) is 2.65. The summed E-state index contributed by atoms with van der Waals surface area (Å²) in [5.74, 6) is 0.282. The molecule has 4 rings (SSSR count). The molecule has 0 aliphatic heterocycles. The first-order valence-electron chi connectivity index (χ1n) is 9.26. The van der Waals surface area contributed by atoms with Crippen LogP contribution < -0.4 is 10.9 Å². The Morgan fingerprint density at radius 2 is 1.89 bits per heavy atom. The Bertz CT molecular complexity index is 1020. The molecule has 1 unspecified atom stereocenters. The fraction of sp³-hybridized carbons (Fsp3) is 0.273. The molecule has 0 spiro atoms. The highest BCUT2D eigenvalue weighted by atomic mass is 35.5. The second kappa shape index (κ2) is 7.57. The van der Waals surface area contributed by atoms with Crippen LogP contribution in [0.2, 0.25) is 5.02 Å². The van der Waals surface area contributed by atoms with Gasteiger partial charge in [-0.3, -0.25) is 9.59 Å². The molecule has 1 atom stereocenters. The average molecular weight is 381 g/mol. The number of hydrogen-bond donors (Lipinski definition) is 2. The molecular formula is C22H21ClN2O2. The minimum atomic E-state index is -0.142. The van der Waals surface area contributed by atoms with Gasteiger partial charge in [0, 0.05) is 22.6 Å². The van der Waals surface area contributed by atoms with E-state index in [2.05, 4.69) is 10.3 Å². The number of carbonyl (C=O) groups is 1. The van der Waals surface area contributed by atoms with Gasteiger partial charge in [0.25, 0.3) is 5.56 Å². The highest BCUT2D eigenvalue weighted by Crippen LogP contribution is 2.42. The molecule has 1 aliphatic carbocycles. The number of pyridine rings is 1. The number of fused-ring (bicyclic) bond motifs is 1. The first kappa shape index (κ1) is 17.8. The topological polar surface area (TPSA) is 62.0 Å². The van der Waals surface area contributed by atoms with E-state index in [0.717, 1.165) is 29.3 Å². The normalized spacial score (nSPS) is 14.9. The Hall–Kier alpha value is -2.59. The zero-order chi connectivity index (χ0) is 18.8. The molecule has 0 saturated heterocycles. The molecule has 1 heterocycles. The predicted octanol–water partition coefficient (Wildman–Crippen LogP) is 4.03. The van der Waals surface area contributed by atoms with Crippen molar-refractivity contribution in [3.05, 3.63) is 81.1 Å². The third kappa shape index (κ3) is 4.06. The summed E-state index contributed by atoms with van der Waals surface area (Å²) in [4.78, 5) is 27.9. The minimum absolute atomic E-state index is 0.0250. The van der Waals surface area contributed by atoms with Crippen molar-refractivity contribution in [2.24, 2.45) is 5.92 Å². The standard InChI is InChI=1S/C22H21ClN2O2/c23-18-9-7-15(8-10-18)20(14-5-6-14)22(27)24-12-11-17-13-16-3-1-2-4-19(16)25-21(17)26/h1-4,7-10,13-14,20H,5-6,11-12H2,(H,24,27)(H,25,26). The van der Waals surface area contributed by atoms with Crippen molar-refractivity contribution in [3.63, 3.8) is 0 Å². The lowest BCUT2D eigenvalue weighted by molar-refractivity contribution is -0.123. The van der Waals surface area contributed by atoms with E-state index < -0.39 is 0 Å². The molecule has 138 valence electrons. The van der Waals surface area contributed by atoms with E-state index in [-0.39, 0.29) is 17.4 Å². The Balaban J connectivity index is 1.43. The van der Waals surface area contributed by atoms with Gasteiger partial charge in [-0.1, -0.05) is 41.9 Å². The number of benzene rings is 2. The van der Waals surface area contributed by atoms with E-state index in [1.54, 1.807) is 0 Å². The third-order valence-corrected chi connectivity index (χ3v) is 5.38. The fourth-order valence-corrected chi connectivity index (χ4v) is 3.67. The first-order valence-corrected chi connectivity index (χ1v) is 9.64. The summed E-state index contributed by atoms with van der Waals surface area (Å²) in [5.41, 5.74) is 2.41. The van der Waals surface area contributed by atoms with Crippen molar-refractivity contribution in [2.45, 2.75) is 25.2 Å². The number of aromatic amines is 1. The quantitative estimate of drug-likeness (QED) is 0.678. The van der Waals surface area contributed by atoms with E-state index in [9.17, 15) is 9.59 Å². The second-order valence-electron chi connectivity index (χ2n) is 7.12. The number of hydrogen-bond acceptors (Lipinski definition) is 2. The molecule has 2 aromatic carbocycles. The molecule has 1 saturated carbocycles. The number of halogens is 1. The van der Waals surface area contributed by atoms with Crippen molar-refractivity contribution in [2.75, 3.05) is 6.54 Å². The molecule has 1 aromatic heterocycles. The SMILES string of the molecule is O=C(NCCc1cc2ccccc2[nH]c1=O)C(c1ccc(Cl)cc1)C1CC1. The largest absolute Gasteiger partial charge is 0.355 e. The number of amides is 1. The molecule has 1 fully saturated rings. The molecule has 0 bridgehead atoms. The first-order chi connectivity index (χ1) is 13.1. The smallest absolute Gasteiger partial charge is 0.251 e. The van der Waals surface area contributed by atoms with E-state index in [0.29, 0.717) is 29.5 Å². The van der Waals surface area contributed by atoms with Gasteiger partial charge in [0.05, 0.1) is 5.92 Å². The van der Waals surface area contributed by atoms with Crippen LogP contribution in [0.25, 0.3) is 10.9 Å². The Morgan fingerprint density at radius 3 is 2.63 bits per heavy atom. The lowest BCUT2D eigenvalue weighted by atomic mass is 9.93. The van der Waals surface area contributed by atoms with E-state index in [1.807, 2.05) is 54.6 Å². The van der Waals surface area contributed by atoms with Crippen LogP contribution in [0.4, 0.5) is 0 Å². The van der Waals surface area contributed by atoms with Crippen LogP contribution in [0.5, 0.6) is 0 Å². The number of para-hydroxylation sites is 1. The van der Waals surface area contributed by atoms with Crippen LogP contribution in [0.15, 0.2) is 59.4 Å². The zero-order valence-corrected chi connectivity index (χ0v) is 15.6. The van der Waals surface area contributed by atoms with Gasteiger partial charge in [0.1, 0.15) is 0 Å². The Labute approximate surface area is 162 Å². The number of nitrogens with one attached hydrogen (secondary N) is 2. The fourth-order valence-electron chi connectivity index (χ4n) is 3.55. The van der Waals surface area contributed by atoms with Crippen molar-refractivity contribution in [3.8, 4) is 0 Å². The van der Waals surface area contributed by atoms with Crippen LogP contribution in [0, 0.1) is 5.92 Å². The molecule has 5 heteroatoms. The predicted molar refractivity (Wildman–Crippen MR) is 108 cm³/mol. The molecule has 0 radical (unpaired) electrons. The Kier molecular flexibility index (Phi) is 4.99. The monoisotopic (exact) mass is 380 g/mol. The van der Waals surface area contributed by atoms with Gasteiger partial charge in [-0.25, -0.2) is 0 Å². The molecule has 1 aliphatic rings. The summed E-state index contributed by atoms with van der Waals surface area (Å²) in [5, 5.41) is 4.68.